The fourth-order valence-electron chi connectivity index (χ4n) is 2.45. The van der Waals surface area contributed by atoms with Crippen LogP contribution >= 0.6 is 0 Å². The van der Waals surface area contributed by atoms with E-state index in [0.29, 0.717) is 24.7 Å². The Labute approximate surface area is 166 Å². The van der Waals surface area contributed by atoms with Crippen molar-refractivity contribution in [1.29, 1.82) is 0 Å². The first-order valence-corrected chi connectivity index (χ1v) is 10.2. The van der Waals surface area contributed by atoms with Crippen LogP contribution in [0.4, 0.5) is 5.69 Å². The molecule has 152 valence electrons. The molecule has 1 amide bonds. The number of carbonyl (C=O) groups is 1. The Balaban J connectivity index is 2.02. The average molecular weight is 407 g/mol. The second kappa shape index (κ2) is 9.68. The molecule has 28 heavy (non-hydrogen) atoms. The first kappa shape index (κ1) is 21.9. The van der Waals surface area contributed by atoms with Crippen LogP contribution in [0.5, 0.6) is 5.75 Å². The molecule has 2 aromatic carbocycles. The Hall–Kier alpha value is -2.42. The molecule has 0 fully saturated rings. The summed E-state index contributed by atoms with van der Waals surface area (Å²) in [6.07, 6.45) is 0. The molecule has 0 aromatic heterocycles. The molecule has 0 unspecified atom stereocenters. The zero-order valence-electron chi connectivity index (χ0n) is 16.6. The monoisotopic (exact) mass is 406 g/mol. The highest BCUT2D eigenvalue weighted by Gasteiger charge is 2.23. The van der Waals surface area contributed by atoms with Gasteiger partial charge in [0.25, 0.3) is 0 Å². The van der Waals surface area contributed by atoms with E-state index in [2.05, 4.69) is 5.32 Å². The van der Waals surface area contributed by atoms with Crippen LogP contribution in [0.25, 0.3) is 0 Å². The fraction of sp³-hybridized carbons (Fsp3) is 0.350. The molecule has 8 heteroatoms. The van der Waals surface area contributed by atoms with Crippen molar-refractivity contribution in [3.63, 3.8) is 0 Å². The molecule has 2 rings (SSSR count). The first-order chi connectivity index (χ1) is 13.2. The molecule has 0 aliphatic rings. The fourth-order valence-corrected chi connectivity index (χ4v) is 3.66. The lowest BCUT2D eigenvalue weighted by molar-refractivity contribution is -0.116. The summed E-state index contributed by atoms with van der Waals surface area (Å²) < 4.78 is 36.9. The lowest BCUT2D eigenvalue weighted by Gasteiger charge is -2.18. The van der Waals surface area contributed by atoms with Gasteiger partial charge < -0.3 is 14.8 Å². The molecule has 0 bridgehead atoms. The van der Waals surface area contributed by atoms with Crippen LogP contribution in [0.2, 0.25) is 0 Å². The number of nitrogens with one attached hydrogen (secondary N) is 1. The van der Waals surface area contributed by atoms with Gasteiger partial charge in [-0.3, -0.25) is 4.79 Å². The van der Waals surface area contributed by atoms with Crippen LogP contribution < -0.4 is 10.1 Å². The number of nitrogens with zero attached hydrogens (tertiary/aromatic N) is 1. The smallest absolute Gasteiger partial charge is 0.243 e. The SMILES string of the molecule is COCCOc1cccc(NC(=O)CN(C)S(=O)(=O)c2ccc(C)c(C)c2)c1. The minimum absolute atomic E-state index is 0.166. The Kier molecular flexibility index (Phi) is 7.56. The predicted molar refractivity (Wildman–Crippen MR) is 108 cm³/mol. The number of amides is 1. The van der Waals surface area contributed by atoms with E-state index in [1.807, 2.05) is 13.8 Å². The van der Waals surface area contributed by atoms with Gasteiger partial charge in [-0.05, 0) is 49.2 Å². The van der Waals surface area contributed by atoms with Gasteiger partial charge in [-0.2, -0.15) is 4.31 Å². The van der Waals surface area contributed by atoms with Crippen molar-refractivity contribution >= 4 is 21.6 Å². The topological polar surface area (TPSA) is 84.9 Å². The van der Waals surface area contributed by atoms with E-state index in [0.717, 1.165) is 15.4 Å². The van der Waals surface area contributed by atoms with Gasteiger partial charge in [-0.1, -0.05) is 12.1 Å². The van der Waals surface area contributed by atoms with E-state index < -0.39 is 15.9 Å². The molecule has 0 spiro atoms. The molecule has 2 aromatic rings. The number of benzene rings is 2. The summed E-state index contributed by atoms with van der Waals surface area (Å²) in [6.45, 7) is 4.31. The molecule has 0 atom stereocenters. The van der Waals surface area contributed by atoms with Gasteiger partial charge in [-0.15, -0.1) is 0 Å². The highest BCUT2D eigenvalue weighted by Crippen LogP contribution is 2.19. The summed E-state index contributed by atoms with van der Waals surface area (Å²) in [5.74, 6) is 0.148. The van der Waals surface area contributed by atoms with Crippen LogP contribution in [-0.4, -0.2) is 52.5 Å². The van der Waals surface area contributed by atoms with Crippen molar-refractivity contribution in [2.24, 2.45) is 0 Å². The average Bonchev–Trinajstić information content (AvgIpc) is 2.64. The van der Waals surface area contributed by atoms with E-state index in [4.69, 9.17) is 9.47 Å². The van der Waals surface area contributed by atoms with Crippen LogP contribution in [0.3, 0.4) is 0 Å². The third-order valence-electron chi connectivity index (χ3n) is 4.23. The van der Waals surface area contributed by atoms with Crippen molar-refractivity contribution in [1.82, 2.24) is 4.31 Å². The number of rotatable bonds is 9. The molecular formula is C20H26N2O5S. The van der Waals surface area contributed by atoms with E-state index in [9.17, 15) is 13.2 Å². The van der Waals surface area contributed by atoms with Gasteiger partial charge in [0.15, 0.2) is 0 Å². The predicted octanol–water partition coefficient (Wildman–Crippen LogP) is 2.59. The van der Waals surface area contributed by atoms with Crippen molar-refractivity contribution in [3.05, 3.63) is 53.6 Å². The van der Waals surface area contributed by atoms with Crippen LogP contribution in [-0.2, 0) is 19.6 Å². The van der Waals surface area contributed by atoms with Crippen molar-refractivity contribution < 1.29 is 22.7 Å². The van der Waals surface area contributed by atoms with E-state index in [-0.39, 0.29) is 11.4 Å². The summed E-state index contributed by atoms with van der Waals surface area (Å²) in [7, 11) is -0.786. The lowest BCUT2D eigenvalue weighted by Crippen LogP contribution is -2.35. The Morgan fingerprint density at radius 2 is 1.82 bits per heavy atom. The number of sulfonamides is 1. The van der Waals surface area contributed by atoms with Crippen LogP contribution in [0.15, 0.2) is 47.4 Å². The standard InChI is InChI=1S/C20H26N2O5S/c1-15-8-9-19(12-16(15)2)28(24,25)22(3)14-20(23)21-17-6-5-7-18(13-17)27-11-10-26-4/h5-9,12-13H,10-11,14H2,1-4H3,(H,21,23). The number of anilines is 1. The summed E-state index contributed by atoms with van der Waals surface area (Å²) in [5.41, 5.74) is 2.41. The molecule has 7 nitrogen and oxygen atoms in total. The molecule has 0 saturated carbocycles. The van der Waals surface area contributed by atoms with Gasteiger partial charge in [0, 0.05) is 25.9 Å². The second-order valence-corrected chi connectivity index (χ2v) is 8.47. The van der Waals surface area contributed by atoms with Crippen molar-refractivity contribution in [2.45, 2.75) is 18.7 Å². The summed E-state index contributed by atoms with van der Waals surface area (Å²) >= 11 is 0. The van der Waals surface area contributed by atoms with Gasteiger partial charge in [0.1, 0.15) is 12.4 Å². The van der Waals surface area contributed by atoms with Crippen LogP contribution in [0.1, 0.15) is 11.1 Å². The molecule has 1 N–H and O–H groups in total. The minimum atomic E-state index is -3.75. The van der Waals surface area contributed by atoms with Gasteiger partial charge in [0.2, 0.25) is 15.9 Å². The highest BCUT2D eigenvalue weighted by molar-refractivity contribution is 7.89. The molecule has 0 aliphatic carbocycles. The molecule has 0 saturated heterocycles. The number of carbonyl (C=O) groups excluding carboxylic acids is 1. The van der Waals surface area contributed by atoms with E-state index in [1.165, 1.54) is 7.05 Å². The second-order valence-electron chi connectivity index (χ2n) is 6.42. The van der Waals surface area contributed by atoms with Gasteiger partial charge >= 0.3 is 0 Å². The molecule has 0 aliphatic heterocycles. The normalized spacial score (nSPS) is 11.5. The zero-order chi connectivity index (χ0) is 20.7. The van der Waals surface area contributed by atoms with Gasteiger partial charge in [0.05, 0.1) is 18.0 Å². The molecule has 0 heterocycles. The van der Waals surface area contributed by atoms with Crippen molar-refractivity contribution in [3.8, 4) is 5.75 Å². The number of ether oxygens (including phenoxy) is 2. The summed E-state index contributed by atoms with van der Waals surface area (Å²) in [5, 5.41) is 2.69. The quantitative estimate of drug-likeness (QED) is 0.647. The van der Waals surface area contributed by atoms with E-state index in [1.54, 1.807) is 49.6 Å². The maximum absolute atomic E-state index is 12.7. The minimum Gasteiger partial charge on any atom is -0.491 e. The largest absolute Gasteiger partial charge is 0.491 e. The third-order valence-corrected chi connectivity index (χ3v) is 6.03. The first-order valence-electron chi connectivity index (χ1n) is 8.79. The van der Waals surface area contributed by atoms with Crippen molar-refractivity contribution in [2.75, 3.05) is 39.2 Å². The molecule has 0 radical (unpaired) electrons. The number of aryl methyl sites for hydroxylation is 2. The maximum Gasteiger partial charge on any atom is 0.243 e. The summed E-state index contributed by atoms with van der Waals surface area (Å²) in [4.78, 5) is 12.5. The Morgan fingerprint density at radius 3 is 2.50 bits per heavy atom. The number of hydrogen-bond acceptors (Lipinski definition) is 5. The summed E-state index contributed by atoms with van der Waals surface area (Å²) in [6, 6.07) is 11.8. The zero-order valence-corrected chi connectivity index (χ0v) is 17.4. The van der Waals surface area contributed by atoms with E-state index >= 15 is 0 Å². The van der Waals surface area contributed by atoms with Crippen LogP contribution in [0, 0.1) is 13.8 Å². The molecular weight excluding hydrogens is 380 g/mol. The highest BCUT2D eigenvalue weighted by atomic mass is 32.2. The Bertz CT molecular complexity index is 928. The maximum atomic E-state index is 12.7. The Morgan fingerprint density at radius 1 is 1.07 bits per heavy atom. The lowest BCUT2D eigenvalue weighted by atomic mass is 10.1. The number of likely N-dealkylation sites (N-methyl/N-ethyl adjacent to an activating group) is 1. The number of hydrogen-bond donors (Lipinski definition) is 1. The van der Waals surface area contributed by atoms with Gasteiger partial charge in [-0.25, -0.2) is 8.42 Å². The number of methoxy groups -OCH3 is 1. The third kappa shape index (κ3) is 5.79.